The number of amides is 1. The van der Waals surface area contributed by atoms with Gasteiger partial charge in [-0.1, -0.05) is 31.2 Å². The van der Waals surface area contributed by atoms with Gasteiger partial charge in [0.25, 0.3) is 0 Å². The van der Waals surface area contributed by atoms with Crippen LogP contribution in [0.3, 0.4) is 0 Å². The van der Waals surface area contributed by atoms with Crippen LogP contribution in [0.1, 0.15) is 56.7 Å². The molecule has 1 unspecified atom stereocenters. The normalized spacial score (nSPS) is 23.1. The van der Waals surface area contributed by atoms with Crippen LogP contribution in [0.15, 0.2) is 16.7 Å². The van der Waals surface area contributed by atoms with E-state index < -0.39 is 0 Å². The summed E-state index contributed by atoms with van der Waals surface area (Å²) in [6, 6.07) is 0. The van der Waals surface area contributed by atoms with Gasteiger partial charge in [-0.2, -0.15) is 4.98 Å². The molecule has 0 radical (unpaired) electrons. The van der Waals surface area contributed by atoms with E-state index in [1.165, 1.54) is 0 Å². The zero-order valence-corrected chi connectivity index (χ0v) is 12.1. The van der Waals surface area contributed by atoms with Crippen molar-refractivity contribution in [1.29, 1.82) is 0 Å². The first-order valence-corrected chi connectivity index (χ1v) is 7.42. The van der Waals surface area contributed by atoms with Crippen LogP contribution in [0, 0.1) is 5.92 Å². The van der Waals surface area contributed by atoms with Crippen LogP contribution in [0.2, 0.25) is 0 Å². The van der Waals surface area contributed by atoms with Crippen LogP contribution in [0.25, 0.3) is 0 Å². The lowest BCUT2D eigenvalue weighted by molar-refractivity contribution is -0.140. The topological polar surface area (TPSA) is 59.2 Å². The minimum Gasteiger partial charge on any atom is -0.341 e. The lowest BCUT2D eigenvalue weighted by Gasteiger charge is -2.39. The average Bonchev–Trinajstić information content (AvgIpc) is 2.87. The molecule has 0 saturated carbocycles. The zero-order chi connectivity index (χ0) is 14.1. The van der Waals surface area contributed by atoms with E-state index in [0.29, 0.717) is 5.89 Å². The highest BCUT2D eigenvalue weighted by molar-refractivity contribution is 5.80. The molecule has 5 nitrogen and oxygen atoms in total. The molecule has 108 valence electrons. The molecule has 1 aliphatic heterocycles. The maximum absolute atomic E-state index is 12.3. The van der Waals surface area contributed by atoms with Crippen molar-refractivity contribution in [2.24, 2.45) is 5.92 Å². The first-order chi connectivity index (χ1) is 9.65. The molecule has 1 aromatic heterocycles. The number of carbonyl (C=O) groups is 1. The Morgan fingerprint density at radius 3 is 2.80 bits per heavy atom. The van der Waals surface area contributed by atoms with E-state index in [1.54, 1.807) is 0 Å². The van der Waals surface area contributed by atoms with Gasteiger partial charge < -0.3 is 9.42 Å². The Bertz CT molecular complexity index is 515. The minimum absolute atomic E-state index is 0.176. The fourth-order valence-corrected chi connectivity index (χ4v) is 2.74. The molecule has 1 atom stereocenters. The number of hydrogen-bond acceptors (Lipinski definition) is 4. The van der Waals surface area contributed by atoms with Gasteiger partial charge in [-0.15, -0.1) is 0 Å². The molecule has 2 heterocycles. The molecule has 20 heavy (non-hydrogen) atoms. The molecule has 5 heteroatoms. The number of hydrogen-bond donors (Lipinski definition) is 0. The van der Waals surface area contributed by atoms with Crippen molar-refractivity contribution < 1.29 is 9.32 Å². The predicted octanol–water partition coefficient (Wildman–Crippen LogP) is 2.48. The second kappa shape index (κ2) is 5.38. The summed E-state index contributed by atoms with van der Waals surface area (Å²) in [5, 5.41) is 3.98. The summed E-state index contributed by atoms with van der Waals surface area (Å²) in [6.45, 7) is 5.53. The molecule has 0 aromatic carbocycles. The Hall–Kier alpha value is -1.65. The molecule has 0 bridgehead atoms. The summed E-state index contributed by atoms with van der Waals surface area (Å²) < 4.78 is 5.29. The first-order valence-electron chi connectivity index (χ1n) is 7.42. The Morgan fingerprint density at radius 2 is 2.20 bits per heavy atom. The van der Waals surface area contributed by atoms with Gasteiger partial charge in [-0.25, -0.2) is 0 Å². The standard InChI is InChI=1S/C15H21N3O2/c1-10(2)13-16-14(20-17-13)12-8-18(9-12)15(19)11-6-4-3-5-7-11/h3-4,10-12H,5-9H2,1-2H3. The first kappa shape index (κ1) is 13.3. The van der Waals surface area contributed by atoms with Crippen molar-refractivity contribution in [3.8, 4) is 0 Å². The molecule has 1 saturated heterocycles. The summed E-state index contributed by atoms with van der Waals surface area (Å²) in [5.74, 6) is 2.39. The Kier molecular flexibility index (Phi) is 3.59. The van der Waals surface area contributed by atoms with Gasteiger partial charge in [0, 0.05) is 24.9 Å². The van der Waals surface area contributed by atoms with Crippen LogP contribution in [-0.4, -0.2) is 34.0 Å². The van der Waals surface area contributed by atoms with Gasteiger partial charge in [0.2, 0.25) is 11.8 Å². The maximum atomic E-state index is 12.3. The van der Waals surface area contributed by atoms with E-state index in [4.69, 9.17) is 4.52 Å². The number of rotatable bonds is 3. The average molecular weight is 275 g/mol. The molecular formula is C15H21N3O2. The number of likely N-dealkylation sites (tertiary alicyclic amines) is 1. The third-order valence-electron chi connectivity index (χ3n) is 4.13. The van der Waals surface area contributed by atoms with Crippen LogP contribution >= 0.6 is 0 Å². The van der Waals surface area contributed by atoms with Crippen molar-refractivity contribution in [2.75, 3.05) is 13.1 Å². The van der Waals surface area contributed by atoms with E-state index in [9.17, 15) is 4.79 Å². The summed E-state index contributed by atoms with van der Waals surface area (Å²) in [4.78, 5) is 18.6. The fraction of sp³-hybridized carbons (Fsp3) is 0.667. The summed E-state index contributed by atoms with van der Waals surface area (Å²) in [6.07, 6.45) is 7.17. The van der Waals surface area contributed by atoms with Gasteiger partial charge in [-0.05, 0) is 19.3 Å². The van der Waals surface area contributed by atoms with Gasteiger partial charge in [-0.3, -0.25) is 4.79 Å². The summed E-state index contributed by atoms with van der Waals surface area (Å²) in [5.41, 5.74) is 0. The lowest BCUT2D eigenvalue weighted by Crippen LogP contribution is -2.50. The van der Waals surface area contributed by atoms with Crippen LogP contribution in [0.4, 0.5) is 0 Å². The minimum atomic E-state index is 0.176. The second-order valence-corrected chi connectivity index (χ2v) is 6.07. The van der Waals surface area contributed by atoms with E-state index in [0.717, 1.165) is 38.2 Å². The van der Waals surface area contributed by atoms with Crippen molar-refractivity contribution in [3.63, 3.8) is 0 Å². The van der Waals surface area contributed by atoms with Crippen molar-refractivity contribution in [1.82, 2.24) is 15.0 Å². The highest BCUT2D eigenvalue weighted by Gasteiger charge is 2.38. The van der Waals surface area contributed by atoms with Crippen LogP contribution < -0.4 is 0 Å². The lowest BCUT2D eigenvalue weighted by atomic mass is 9.90. The quantitative estimate of drug-likeness (QED) is 0.795. The van der Waals surface area contributed by atoms with E-state index >= 15 is 0 Å². The maximum Gasteiger partial charge on any atom is 0.233 e. The van der Waals surface area contributed by atoms with Gasteiger partial charge >= 0.3 is 0 Å². The second-order valence-electron chi connectivity index (χ2n) is 6.07. The fourth-order valence-electron chi connectivity index (χ4n) is 2.74. The molecule has 2 aliphatic rings. The van der Waals surface area contributed by atoms with Gasteiger partial charge in [0.05, 0.1) is 5.92 Å². The Morgan fingerprint density at radius 1 is 1.40 bits per heavy atom. The smallest absolute Gasteiger partial charge is 0.233 e. The molecule has 1 fully saturated rings. The highest BCUT2D eigenvalue weighted by Crippen LogP contribution is 2.30. The summed E-state index contributed by atoms with van der Waals surface area (Å²) >= 11 is 0. The van der Waals surface area contributed by atoms with Gasteiger partial charge in [0.15, 0.2) is 5.82 Å². The molecule has 1 aromatic rings. The van der Waals surface area contributed by atoms with Gasteiger partial charge in [0.1, 0.15) is 0 Å². The highest BCUT2D eigenvalue weighted by atomic mass is 16.5. The molecule has 0 N–H and O–H groups in total. The predicted molar refractivity (Wildman–Crippen MR) is 74.2 cm³/mol. The molecule has 3 rings (SSSR count). The van der Waals surface area contributed by atoms with Crippen molar-refractivity contribution in [3.05, 3.63) is 23.9 Å². The Balaban J connectivity index is 1.55. The third kappa shape index (κ3) is 2.49. The molecular weight excluding hydrogens is 254 g/mol. The summed E-state index contributed by atoms with van der Waals surface area (Å²) in [7, 11) is 0. The van der Waals surface area contributed by atoms with E-state index in [-0.39, 0.29) is 23.7 Å². The monoisotopic (exact) mass is 275 g/mol. The number of allylic oxidation sites excluding steroid dienone is 2. The van der Waals surface area contributed by atoms with E-state index in [2.05, 4.69) is 22.3 Å². The molecule has 1 amide bonds. The largest absolute Gasteiger partial charge is 0.341 e. The number of carbonyl (C=O) groups excluding carboxylic acids is 1. The van der Waals surface area contributed by atoms with Crippen molar-refractivity contribution in [2.45, 2.75) is 44.9 Å². The number of aromatic nitrogens is 2. The van der Waals surface area contributed by atoms with Crippen LogP contribution in [0.5, 0.6) is 0 Å². The van der Waals surface area contributed by atoms with E-state index in [1.807, 2.05) is 18.7 Å². The van der Waals surface area contributed by atoms with Crippen molar-refractivity contribution >= 4 is 5.91 Å². The number of nitrogens with zero attached hydrogens (tertiary/aromatic N) is 3. The Labute approximate surface area is 119 Å². The SMILES string of the molecule is CC(C)c1noc(C2CN(C(=O)C3CC=CCC3)C2)n1. The molecule has 0 spiro atoms. The molecule has 1 aliphatic carbocycles. The van der Waals surface area contributed by atoms with Crippen LogP contribution in [-0.2, 0) is 4.79 Å². The third-order valence-corrected chi connectivity index (χ3v) is 4.13. The zero-order valence-electron chi connectivity index (χ0n) is 12.1.